The lowest BCUT2D eigenvalue weighted by Crippen LogP contribution is -2.20. The second-order valence-corrected chi connectivity index (χ2v) is 4.94. The Bertz CT molecular complexity index is 450. The molecule has 0 N–H and O–H groups in total. The van der Waals surface area contributed by atoms with E-state index in [-0.39, 0.29) is 0 Å². The molecule has 1 atom stereocenters. The first-order valence-electron chi connectivity index (χ1n) is 6.56. The van der Waals surface area contributed by atoms with Crippen molar-refractivity contribution in [1.82, 2.24) is 4.90 Å². The van der Waals surface area contributed by atoms with E-state index in [4.69, 9.17) is 10.00 Å². The molecule has 18 heavy (non-hydrogen) atoms. The van der Waals surface area contributed by atoms with E-state index in [9.17, 15) is 0 Å². The van der Waals surface area contributed by atoms with Crippen LogP contribution in [-0.2, 0) is 6.54 Å². The SMILES string of the molecule is CCC1CCN(Cc2cc(C#N)ccc2OC)C1. The highest BCUT2D eigenvalue weighted by Crippen LogP contribution is 2.25. The lowest BCUT2D eigenvalue weighted by Gasteiger charge is -2.17. The van der Waals surface area contributed by atoms with E-state index >= 15 is 0 Å². The number of hydrogen-bond acceptors (Lipinski definition) is 3. The van der Waals surface area contributed by atoms with Crippen LogP contribution < -0.4 is 4.74 Å². The van der Waals surface area contributed by atoms with Gasteiger partial charge in [-0.2, -0.15) is 5.26 Å². The molecule has 0 aromatic heterocycles. The van der Waals surface area contributed by atoms with Crippen LogP contribution >= 0.6 is 0 Å². The van der Waals surface area contributed by atoms with E-state index in [1.807, 2.05) is 12.1 Å². The van der Waals surface area contributed by atoms with Gasteiger partial charge < -0.3 is 4.74 Å². The van der Waals surface area contributed by atoms with Crippen molar-refractivity contribution < 1.29 is 4.74 Å². The van der Waals surface area contributed by atoms with Crippen molar-refractivity contribution >= 4 is 0 Å². The van der Waals surface area contributed by atoms with E-state index in [2.05, 4.69) is 17.9 Å². The fraction of sp³-hybridized carbons (Fsp3) is 0.533. The van der Waals surface area contributed by atoms with E-state index in [1.54, 1.807) is 13.2 Å². The first-order valence-corrected chi connectivity index (χ1v) is 6.56. The zero-order valence-electron chi connectivity index (χ0n) is 11.1. The summed E-state index contributed by atoms with van der Waals surface area (Å²) in [6.07, 6.45) is 2.54. The Hall–Kier alpha value is -1.53. The molecular formula is C15H20N2O. The van der Waals surface area contributed by atoms with Crippen LogP contribution in [0.1, 0.15) is 30.9 Å². The molecule has 1 saturated heterocycles. The minimum atomic E-state index is 0.706. The molecule has 0 bridgehead atoms. The highest BCUT2D eigenvalue weighted by atomic mass is 16.5. The van der Waals surface area contributed by atoms with Crippen LogP contribution in [0.5, 0.6) is 5.75 Å². The van der Waals surface area contributed by atoms with Crippen LogP contribution in [0.3, 0.4) is 0 Å². The molecule has 1 aliphatic rings. The maximum atomic E-state index is 8.96. The van der Waals surface area contributed by atoms with Crippen LogP contribution in [0.4, 0.5) is 0 Å². The molecule has 3 nitrogen and oxygen atoms in total. The Labute approximate surface area is 109 Å². The van der Waals surface area contributed by atoms with E-state index < -0.39 is 0 Å². The third-order valence-electron chi connectivity index (χ3n) is 3.75. The molecule has 2 rings (SSSR count). The second kappa shape index (κ2) is 5.88. The van der Waals surface area contributed by atoms with Crippen LogP contribution in [0.2, 0.25) is 0 Å². The highest BCUT2D eigenvalue weighted by molar-refractivity contribution is 5.42. The van der Waals surface area contributed by atoms with Gasteiger partial charge >= 0.3 is 0 Å². The van der Waals surface area contributed by atoms with Gasteiger partial charge in [0, 0.05) is 18.7 Å². The van der Waals surface area contributed by atoms with Crippen LogP contribution in [-0.4, -0.2) is 25.1 Å². The lowest BCUT2D eigenvalue weighted by molar-refractivity contribution is 0.307. The second-order valence-electron chi connectivity index (χ2n) is 4.94. The molecule has 1 heterocycles. The molecule has 1 fully saturated rings. The molecule has 1 unspecified atom stereocenters. The maximum Gasteiger partial charge on any atom is 0.123 e. The third kappa shape index (κ3) is 2.83. The summed E-state index contributed by atoms with van der Waals surface area (Å²) in [5.74, 6) is 1.71. The summed E-state index contributed by atoms with van der Waals surface area (Å²) in [6, 6.07) is 7.83. The van der Waals surface area contributed by atoms with Gasteiger partial charge in [0.2, 0.25) is 0 Å². The summed E-state index contributed by atoms with van der Waals surface area (Å²) in [7, 11) is 1.68. The van der Waals surface area contributed by atoms with Crippen molar-refractivity contribution in [2.45, 2.75) is 26.3 Å². The summed E-state index contributed by atoms with van der Waals surface area (Å²) in [4.78, 5) is 2.45. The van der Waals surface area contributed by atoms with Crippen molar-refractivity contribution in [3.05, 3.63) is 29.3 Å². The predicted octanol–water partition coefficient (Wildman–Crippen LogP) is 2.80. The molecule has 1 aromatic rings. The molecule has 0 spiro atoms. The summed E-state index contributed by atoms with van der Waals surface area (Å²) < 4.78 is 5.37. The zero-order chi connectivity index (χ0) is 13.0. The number of methoxy groups -OCH3 is 1. The molecule has 3 heteroatoms. The third-order valence-corrected chi connectivity index (χ3v) is 3.75. The largest absolute Gasteiger partial charge is 0.496 e. The molecule has 0 radical (unpaired) electrons. The number of likely N-dealkylation sites (tertiary alicyclic amines) is 1. The van der Waals surface area contributed by atoms with Crippen molar-refractivity contribution in [3.63, 3.8) is 0 Å². The minimum Gasteiger partial charge on any atom is -0.496 e. The Kier molecular flexibility index (Phi) is 4.22. The highest BCUT2D eigenvalue weighted by Gasteiger charge is 2.21. The van der Waals surface area contributed by atoms with E-state index in [1.165, 1.54) is 12.8 Å². The maximum absolute atomic E-state index is 8.96. The Morgan fingerprint density at radius 1 is 1.50 bits per heavy atom. The molecule has 0 aliphatic carbocycles. The molecular weight excluding hydrogens is 224 g/mol. The lowest BCUT2D eigenvalue weighted by atomic mass is 10.1. The Morgan fingerprint density at radius 3 is 2.94 bits per heavy atom. The molecule has 96 valence electrons. The molecule has 1 aliphatic heterocycles. The average molecular weight is 244 g/mol. The summed E-state index contributed by atoms with van der Waals surface area (Å²) >= 11 is 0. The number of nitriles is 1. The van der Waals surface area contributed by atoms with Gasteiger partial charge in [-0.15, -0.1) is 0 Å². The smallest absolute Gasteiger partial charge is 0.123 e. The van der Waals surface area contributed by atoms with Crippen molar-refractivity contribution in [2.75, 3.05) is 20.2 Å². The van der Waals surface area contributed by atoms with Gasteiger partial charge in [-0.05, 0) is 37.1 Å². The number of benzene rings is 1. The van der Waals surface area contributed by atoms with Gasteiger partial charge in [-0.25, -0.2) is 0 Å². The van der Waals surface area contributed by atoms with Crippen LogP contribution in [0.15, 0.2) is 18.2 Å². The predicted molar refractivity (Wildman–Crippen MR) is 71.4 cm³/mol. The zero-order valence-corrected chi connectivity index (χ0v) is 11.1. The first kappa shape index (κ1) is 12.9. The van der Waals surface area contributed by atoms with Crippen LogP contribution in [0.25, 0.3) is 0 Å². The van der Waals surface area contributed by atoms with E-state index in [0.717, 1.165) is 36.9 Å². The number of ether oxygens (including phenoxy) is 1. The van der Waals surface area contributed by atoms with Crippen LogP contribution in [0, 0.1) is 17.2 Å². The van der Waals surface area contributed by atoms with Gasteiger partial charge in [0.05, 0.1) is 18.7 Å². The summed E-state index contributed by atoms with van der Waals surface area (Å²) in [5.41, 5.74) is 1.82. The van der Waals surface area contributed by atoms with Crippen molar-refractivity contribution in [3.8, 4) is 11.8 Å². The normalized spacial score (nSPS) is 19.7. The average Bonchev–Trinajstić information content (AvgIpc) is 2.86. The van der Waals surface area contributed by atoms with Gasteiger partial charge in [-0.3, -0.25) is 4.90 Å². The molecule has 0 amide bonds. The quantitative estimate of drug-likeness (QED) is 0.817. The number of rotatable bonds is 4. The number of nitrogens with zero attached hydrogens (tertiary/aromatic N) is 2. The van der Waals surface area contributed by atoms with Crippen molar-refractivity contribution in [2.24, 2.45) is 5.92 Å². The minimum absolute atomic E-state index is 0.706. The standard InChI is InChI=1S/C15H20N2O/c1-3-12-6-7-17(10-12)11-14-8-13(9-16)4-5-15(14)18-2/h4-5,8,12H,3,6-7,10-11H2,1-2H3. The fourth-order valence-corrected chi connectivity index (χ4v) is 2.60. The van der Waals surface area contributed by atoms with Gasteiger partial charge in [0.15, 0.2) is 0 Å². The molecule has 1 aromatic carbocycles. The topological polar surface area (TPSA) is 36.3 Å². The summed E-state index contributed by atoms with van der Waals surface area (Å²) in [5, 5.41) is 8.96. The van der Waals surface area contributed by atoms with Crippen molar-refractivity contribution in [1.29, 1.82) is 5.26 Å². The van der Waals surface area contributed by atoms with Gasteiger partial charge in [0.25, 0.3) is 0 Å². The van der Waals surface area contributed by atoms with Gasteiger partial charge in [-0.1, -0.05) is 13.3 Å². The fourth-order valence-electron chi connectivity index (χ4n) is 2.60. The Balaban J connectivity index is 2.11. The van der Waals surface area contributed by atoms with E-state index in [0.29, 0.717) is 5.56 Å². The number of hydrogen-bond donors (Lipinski definition) is 0. The molecule has 0 saturated carbocycles. The monoisotopic (exact) mass is 244 g/mol. The first-order chi connectivity index (χ1) is 8.76. The summed E-state index contributed by atoms with van der Waals surface area (Å²) in [6.45, 7) is 5.45. The van der Waals surface area contributed by atoms with Gasteiger partial charge in [0.1, 0.15) is 5.75 Å². The Morgan fingerprint density at radius 2 is 2.33 bits per heavy atom.